The van der Waals surface area contributed by atoms with Crippen LogP contribution in [0.2, 0.25) is 5.02 Å². The fraction of sp³-hybridized carbons (Fsp3) is 0.200. The molecule has 0 radical (unpaired) electrons. The van der Waals surface area contributed by atoms with Crippen molar-refractivity contribution in [2.24, 2.45) is 0 Å². The molecule has 0 bridgehead atoms. The largest absolute Gasteiger partial charge is 0.495 e. The van der Waals surface area contributed by atoms with Crippen LogP contribution in [-0.2, 0) is 4.79 Å². The van der Waals surface area contributed by atoms with E-state index in [-0.39, 0.29) is 5.57 Å². The number of hydrogen-bond donors (Lipinski definition) is 1. The van der Waals surface area contributed by atoms with Crippen LogP contribution in [0, 0.1) is 11.3 Å². The van der Waals surface area contributed by atoms with Crippen molar-refractivity contribution in [1.82, 2.24) is 0 Å². The van der Waals surface area contributed by atoms with Gasteiger partial charge in [0.2, 0.25) is 0 Å². The van der Waals surface area contributed by atoms with Gasteiger partial charge in [0.1, 0.15) is 28.9 Å². The number of amides is 1. The summed E-state index contributed by atoms with van der Waals surface area (Å²) in [6.45, 7) is 2.42. The molecule has 0 saturated carbocycles. The molecule has 8 heteroatoms. The monoisotopic (exact) mass is 464 g/mol. The first kappa shape index (κ1) is 21.6. The second-order valence-electron chi connectivity index (χ2n) is 5.43. The molecule has 0 aliphatic rings. The van der Waals surface area contributed by atoms with Crippen LogP contribution in [0.5, 0.6) is 17.2 Å². The number of nitrogens with one attached hydrogen (secondary N) is 1. The Balaban J connectivity index is 2.31. The normalized spacial score (nSPS) is 10.8. The number of methoxy groups -OCH3 is 2. The van der Waals surface area contributed by atoms with Gasteiger partial charge < -0.3 is 19.5 Å². The Morgan fingerprint density at radius 1 is 1.21 bits per heavy atom. The van der Waals surface area contributed by atoms with Gasteiger partial charge in [-0.3, -0.25) is 4.79 Å². The van der Waals surface area contributed by atoms with Crippen molar-refractivity contribution in [3.63, 3.8) is 0 Å². The van der Waals surface area contributed by atoms with E-state index < -0.39 is 5.91 Å². The highest BCUT2D eigenvalue weighted by molar-refractivity contribution is 9.10. The lowest BCUT2D eigenvalue weighted by Crippen LogP contribution is -2.14. The van der Waals surface area contributed by atoms with E-state index in [4.69, 9.17) is 25.8 Å². The number of ether oxygens (including phenoxy) is 3. The average Bonchev–Trinajstić information content (AvgIpc) is 2.69. The van der Waals surface area contributed by atoms with Gasteiger partial charge in [-0.25, -0.2) is 0 Å². The van der Waals surface area contributed by atoms with Gasteiger partial charge in [-0.15, -0.1) is 0 Å². The zero-order valence-corrected chi connectivity index (χ0v) is 17.8. The van der Waals surface area contributed by atoms with E-state index in [1.807, 2.05) is 13.0 Å². The predicted octanol–water partition coefficient (Wildman–Crippen LogP) is 5.06. The summed E-state index contributed by atoms with van der Waals surface area (Å²) in [5.41, 5.74) is 0.928. The molecule has 0 heterocycles. The number of anilines is 1. The Hall–Kier alpha value is -2.69. The number of halogens is 2. The second-order valence-corrected chi connectivity index (χ2v) is 6.70. The van der Waals surface area contributed by atoms with Gasteiger partial charge in [0.05, 0.1) is 36.0 Å². The van der Waals surface area contributed by atoms with Crippen molar-refractivity contribution in [3.05, 3.63) is 51.0 Å². The summed E-state index contributed by atoms with van der Waals surface area (Å²) in [6, 6.07) is 10.2. The summed E-state index contributed by atoms with van der Waals surface area (Å²) in [4.78, 5) is 12.6. The van der Waals surface area contributed by atoms with Crippen molar-refractivity contribution < 1.29 is 19.0 Å². The van der Waals surface area contributed by atoms with Crippen LogP contribution in [0.4, 0.5) is 5.69 Å². The molecule has 0 atom stereocenters. The zero-order valence-electron chi connectivity index (χ0n) is 15.5. The minimum atomic E-state index is -0.588. The maximum Gasteiger partial charge on any atom is 0.266 e. The molecule has 146 valence electrons. The van der Waals surface area contributed by atoms with Crippen molar-refractivity contribution >= 4 is 45.2 Å². The minimum Gasteiger partial charge on any atom is -0.495 e. The lowest BCUT2D eigenvalue weighted by molar-refractivity contribution is -0.112. The molecule has 0 aromatic heterocycles. The van der Waals surface area contributed by atoms with Crippen molar-refractivity contribution in [2.75, 3.05) is 26.1 Å². The summed E-state index contributed by atoms with van der Waals surface area (Å²) in [6.07, 6.45) is 1.48. The molecule has 1 N–H and O–H groups in total. The van der Waals surface area contributed by atoms with Gasteiger partial charge in [0.25, 0.3) is 5.91 Å². The average molecular weight is 466 g/mol. The Bertz CT molecular complexity index is 954. The number of carbonyl (C=O) groups is 1. The predicted molar refractivity (Wildman–Crippen MR) is 112 cm³/mol. The molecule has 2 aromatic carbocycles. The lowest BCUT2D eigenvalue weighted by atomic mass is 10.1. The third-order valence-corrected chi connectivity index (χ3v) is 4.57. The smallest absolute Gasteiger partial charge is 0.266 e. The Labute approximate surface area is 176 Å². The standard InChI is InChI=1S/C20H18BrClN2O4/c1-4-28-17-6-5-12(8-14(17)21)7-13(11-23)20(25)24-16-10-18(26-2)15(22)9-19(16)27-3/h5-10H,4H2,1-3H3,(H,24,25)/b13-7+. The summed E-state index contributed by atoms with van der Waals surface area (Å²) in [5, 5.41) is 12.4. The molecule has 2 rings (SSSR count). The first-order valence-corrected chi connectivity index (χ1v) is 9.37. The van der Waals surface area contributed by atoms with Crippen molar-refractivity contribution in [2.45, 2.75) is 6.92 Å². The van der Waals surface area contributed by atoms with Crippen molar-refractivity contribution in [1.29, 1.82) is 5.26 Å². The molecular formula is C20H18BrClN2O4. The van der Waals surface area contributed by atoms with E-state index >= 15 is 0 Å². The first-order chi connectivity index (χ1) is 13.4. The molecule has 28 heavy (non-hydrogen) atoms. The lowest BCUT2D eigenvalue weighted by Gasteiger charge is -2.13. The highest BCUT2D eigenvalue weighted by Crippen LogP contribution is 2.36. The SMILES string of the molecule is CCOc1ccc(/C=C(\C#N)C(=O)Nc2cc(OC)c(Cl)cc2OC)cc1Br. The van der Waals surface area contributed by atoms with Gasteiger partial charge in [-0.05, 0) is 46.6 Å². The summed E-state index contributed by atoms with van der Waals surface area (Å²) >= 11 is 9.48. The van der Waals surface area contributed by atoms with Crippen LogP contribution in [0.3, 0.4) is 0 Å². The third-order valence-electron chi connectivity index (χ3n) is 3.65. The Morgan fingerprint density at radius 3 is 2.50 bits per heavy atom. The molecule has 0 aliphatic carbocycles. The van der Waals surface area contributed by atoms with E-state index in [0.29, 0.717) is 40.1 Å². The number of benzene rings is 2. The topological polar surface area (TPSA) is 80.6 Å². The van der Waals surface area contributed by atoms with Crippen LogP contribution >= 0.6 is 27.5 Å². The first-order valence-electron chi connectivity index (χ1n) is 8.20. The van der Waals surface area contributed by atoms with Crippen LogP contribution in [0.15, 0.2) is 40.4 Å². The molecule has 0 unspecified atom stereocenters. The Morgan fingerprint density at radius 2 is 1.93 bits per heavy atom. The second kappa shape index (κ2) is 10.0. The quantitative estimate of drug-likeness (QED) is 0.456. The van der Waals surface area contributed by atoms with Gasteiger partial charge in [0.15, 0.2) is 0 Å². The maximum atomic E-state index is 12.6. The van der Waals surface area contributed by atoms with E-state index in [0.717, 1.165) is 4.47 Å². The number of nitriles is 1. The Kier molecular flexibility index (Phi) is 7.73. The van der Waals surface area contributed by atoms with Crippen LogP contribution in [0.1, 0.15) is 12.5 Å². The molecule has 0 saturated heterocycles. The van der Waals surface area contributed by atoms with Crippen LogP contribution < -0.4 is 19.5 Å². The zero-order chi connectivity index (χ0) is 20.7. The number of nitrogens with zero attached hydrogens (tertiary/aromatic N) is 1. The number of rotatable bonds is 7. The van der Waals surface area contributed by atoms with Crippen molar-refractivity contribution in [3.8, 4) is 23.3 Å². The fourth-order valence-corrected chi connectivity index (χ4v) is 3.08. The minimum absolute atomic E-state index is 0.0768. The highest BCUT2D eigenvalue weighted by Gasteiger charge is 2.15. The van der Waals surface area contributed by atoms with Gasteiger partial charge >= 0.3 is 0 Å². The van der Waals surface area contributed by atoms with Gasteiger partial charge in [0, 0.05) is 12.1 Å². The molecule has 6 nitrogen and oxygen atoms in total. The summed E-state index contributed by atoms with van der Waals surface area (Å²) < 4.78 is 16.6. The summed E-state index contributed by atoms with van der Waals surface area (Å²) in [7, 11) is 2.91. The fourth-order valence-electron chi connectivity index (χ4n) is 2.34. The highest BCUT2D eigenvalue weighted by atomic mass is 79.9. The van der Waals surface area contributed by atoms with E-state index in [1.54, 1.807) is 18.2 Å². The van der Waals surface area contributed by atoms with Gasteiger partial charge in [-0.2, -0.15) is 5.26 Å². The molecule has 2 aromatic rings. The van der Waals surface area contributed by atoms with E-state index in [9.17, 15) is 10.1 Å². The van der Waals surface area contributed by atoms with E-state index in [2.05, 4.69) is 21.2 Å². The molecule has 1 amide bonds. The molecule has 0 spiro atoms. The number of hydrogen-bond acceptors (Lipinski definition) is 5. The molecular weight excluding hydrogens is 448 g/mol. The van der Waals surface area contributed by atoms with Gasteiger partial charge in [-0.1, -0.05) is 17.7 Å². The molecule has 0 aliphatic heterocycles. The third kappa shape index (κ3) is 5.18. The maximum absolute atomic E-state index is 12.6. The summed E-state index contributed by atoms with van der Waals surface area (Å²) in [5.74, 6) is 0.812. The number of carbonyl (C=O) groups excluding carboxylic acids is 1. The van der Waals surface area contributed by atoms with E-state index in [1.165, 1.54) is 32.4 Å². The van der Waals surface area contributed by atoms with Crippen LogP contribution in [0.25, 0.3) is 6.08 Å². The van der Waals surface area contributed by atoms with Crippen LogP contribution in [-0.4, -0.2) is 26.7 Å². The molecule has 0 fully saturated rings.